The number of nitrogens with zero attached hydrogens (tertiary/aromatic N) is 1. The number of aryl methyl sites for hydroxylation is 1. The second kappa shape index (κ2) is 8.02. The van der Waals surface area contributed by atoms with Crippen LogP contribution in [0, 0.1) is 5.92 Å². The number of amides is 2. The molecule has 1 heterocycles. The Bertz CT molecular complexity index is 582. The summed E-state index contributed by atoms with van der Waals surface area (Å²) in [5.41, 5.74) is 1.22. The highest BCUT2D eigenvalue weighted by molar-refractivity contribution is 6.30. The maximum atomic E-state index is 12.3. The first kappa shape index (κ1) is 17.3. The summed E-state index contributed by atoms with van der Waals surface area (Å²) in [7, 11) is 0. The SMILES string of the molecule is O=C(NCCCc1ccc(Cl)cc1)C1CC(=O)N(C2CCCC2)C1. The Labute approximate surface area is 148 Å². The molecule has 4 nitrogen and oxygen atoms in total. The Morgan fingerprint density at radius 1 is 1.21 bits per heavy atom. The summed E-state index contributed by atoms with van der Waals surface area (Å²) in [4.78, 5) is 26.4. The van der Waals surface area contributed by atoms with Crippen molar-refractivity contribution in [3.8, 4) is 0 Å². The molecule has 24 heavy (non-hydrogen) atoms. The third-order valence-corrected chi connectivity index (χ3v) is 5.40. The molecule has 1 saturated heterocycles. The van der Waals surface area contributed by atoms with Crippen molar-refractivity contribution in [3.63, 3.8) is 0 Å². The van der Waals surface area contributed by atoms with Crippen LogP contribution in [0.5, 0.6) is 0 Å². The molecule has 2 aliphatic rings. The molecule has 2 amide bonds. The second-order valence-electron chi connectivity index (χ2n) is 6.91. The Balaban J connectivity index is 1.39. The van der Waals surface area contributed by atoms with Crippen LogP contribution in [-0.2, 0) is 16.0 Å². The van der Waals surface area contributed by atoms with Crippen LogP contribution in [0.2, 0.25) is 5.02 Å². The molecule has 3 rings (SSSR count). The minimum atomic E-state index is -0.173. The maximum Gasteiger partial charge on any atom is 0.225 e. The van der Waals surface area contributed by atoms with Crippen molar-refractivity contribution in [2.45, 2.75) is 51.0 Å². The summed E-state index contributed by atoms with van der Waals surface area (Å²) >= 11 is 5.87. The molecule has 0 bridgehead atoms. The van der Waals surface area contributed by atoms with Crippen LogP contribution in [0.25, 0.3) is 0 Å². The Morgan fingerprint density at radius 3 is 2.62 bits per heavy atom. The van der Waals surface area contributed by atoms with Gasteiger partial charge in [0.15, 0.2) is 0 Å². The van der Waals surface area contributed by atoms with Gasteiger partial charge in [0.2, 0.25) is 11.8 Å². The molecule has 0 spiro atoms. The topological polar surface area (TPSA) is 49.4 Å². The van der Waals surface area contributed by atoms with Gasteiger partial charge >= 0.3 is 0 Å². The number of benzene rings is 1. The molecule has 1 unspecified atom stereocenters. The third kappa shape index (κ3) is 4.29. The molecule has 1 aromatic carbocycles. The minimum Gasteiger partial charge on any atom is -0.356 e. The third-order valence-electron chi connectivity index (χ3n) is 5.15. The first-order chi connectivity index (χ1) is 11.6. The van der Waals surface area contributed by atoms with Crippen molar-refractivity contribution >= 4 is 23.4 Å². The average molecular weight is 349 g/mol. The highest BCUT2D eigenvalue weighted by atomic mass is 35.5. The van der Waals surface area contributed by atoms with E-state index in [0.717, 1.165) is 30.7 Å². The first-order valence-corrected chi connectivity index (χ1v) is 9.33. The quantitative estimate of drug-likeness (QED) is 0.803. The fourth-order valence-electron chi connectivity index (χ4n) is 3.78. The molecule has 1 aromatic rings. The zero-order valence-corrected chi connectivity index (χ0v) is 14.7. The summed E-state index contributed by atoms with van der Waals surface area (Å²) < 4.78 is 0. The van der Waals surface area contributed by atoms with Gasteiger partial charge in [-0.05, 0) is 43.4 Å². The van der Waals surface area contributed by atoms with Crippen molar-refractivity contribution in [3.05, 3.63) is 34.9 Å². The van der Waals surface area contributed by atoms with E-state index in [-0.39, 0.29) is 17.7 Å². The summed E-state index contributed by atoms with van der Waals surface area (Å²) in [6.45, 7) is 1.25. The van der Waals surface area contributed by atoms with Gasteiger partial charge in [-0.3, -0.25) is 9.59 Å². The molecule has 130 valence electrons. The highest BCUT2D eigenvalue weighted by Gasteiger charge is 2.38. The van der Waals surface area contributed by atoms with Crippen molar-refractivity contribution < 1.29 is 9.59 Å². The molecule has 1 saturated carbocycles. The standard InChI is InChI=1S/C19H25ClN2O2/c20-16-9-7-14(8-10-16)4-3-11-21-19(24)15-12-18(23)22(13-15)17-5-1-2-6-17/h7-10,15,17H,1-6,11-13H2,(H,21,24). The van der Waals surface area contributed by atoms with Crippen molar-refractivity contribution in [1.29, 1.82) is 0 Å². The maximum absolute atomic E-state index is 12.3. The van der Waals surface area contributed by atoms with Gasteiger partial charge in [-0.2, -0.15) is 0 Å². The van der Waals surface area contributed by atoms with E-state index < -0.39 is 0 Å². The molecule has 0 radical (unpaired) electrons. The number of likely N-dealkylation sites (tertiary alicyclic amines) is 1. The van der Waals surface area contributed by atoms with E-state index in [9.17, 15) is 9.59 Å². The Hall–Kier alpha value is -1.55. The van der Waals surface area contributed by atoms with Gasteiger partial charge in [0.25, 0.3) is 0 Å². The largest absolute Gasteiger partial charge is 0.356 e. The molecule has 1 aliphatic heterocycles. The summed E-state index contributed by atoms with van der Waals surface area (Å²) in [6.07, 6.45) is 6.78. The van der Waals surface area contributed by atoms with Crippen LogP contribution in [0.1, 0.15) is 44.1 Å². The second-order valence-corrected chi connectivity index (χ2v) is 7.34. The van der Waals surface area contributed by atoms with Gasteiger partial charge in [0, 0.05) is 30.6 Å². The summed E-state index contributed by atoms with van der Waals surface area (Å²) in [5, 5.41) is 3.73. The normalized spacial score (nSPS) is 21.5. The predicted molar refractivity (Wildman–Crippen MR) is 94.9 cm³/mol. The fraction of sp³-hybridized carbons (Fsp3) is 0.579. The molecule has 5 heteroatoms. The number of hydrogen-bond acceptors (Lipinski definition) is 2. The number of rotatable bonds is 6. The van der Waals surface area contributed by atoms with E-state index in [4.69, 9.17) is 11.6 Å². The zero-order chi connectivity index (χ0) is 16.9. The molecule has 1 atom stereocenters. The van der Waals surface area contributed by atoms with Gasteiger partial charge < -0.3 is 10.2 Å². The zero-order valence-electron chi connectivity index (χ0n) is 14.0. The van der Waals surface area contributed by atoms with Crippen LogP contribution in [0.4, 0.5) is 0 Å². The lowest BCUT2D eigenvalue weighted by Crippen LogP contribution is -2.37. The molecule has 0 aromatic heterocycles. The van der Waals surface area contributed by atoms with E-state index in [1.165, 1.54) is 18.4 Å². The Kier molecular flexibility index (Phi) is 5.77. The molecule has 1 N–H and O–H groups in total. The minimum absolute atomic E-state index is 0.0277. The lowest BCUT2D eigenvalue weighted by atomic mass is 10.1. The highest BCUT2D eigenvalue weighted by Crippen LogP contribution is 2.29. The van der Waals surface area contributed by atoms with Gasteiger partial charge in [-0.25, -0.2) is 0 Å². The van der Waals surface area contributed by atoms with Gasteiger partial charge in [-0.15, -0.1) is 0 Å². The predicted octanol–water partition coefficient (Wildman–Crippen LogP) is 3.18. The number of halogens is 1. The van der Waals surface area contributed by atoms with E-state index >= 15 is 0 Å². The van der Waals surface area contributed by atoms with Gasteiger partial charge in [0.1, 0.15) is 0 Å². The molecule has 1 aliphatic carbocycles. The van der Waals surface area contributed by atoms with Crippen LogP contribution >= 0.6 is 11.6 Å². The van der Waals surface area contributed by atoms with E-state index in [2.05, 4.69) is 5.32 Å². The van der Waals surface area contributed by atoms with Crippen molar-refractivity contribution in [2.75, 3.05) is 13.1 Å². The number of nitrogens with one attached hydrogen (secondary N) is 1. The van der Waals surface area contributed by atoms with E-state index in [1.807, 2.05) is 29.2 Å². The summed E-state index contributed by atoms with van der Waals surface area (Å²) in [5.74, 6) is 0.0109. The molecule has 2 fully saturated rings. The molecular formula is C19H25ClN2O2. The lowest BCUT2D eigenvalue weighted by Gasteiger charge is -2.23. The van der Waals surface area contributed by atoms with Crippen LogP contribution in [-0.4, -0.2) is 35.8 Å². The van der Waals surface area contributed by atoms with Gasteiger partial charge in [-0.1, -0.05) is 36.6 Å². The number of hydrogen-bond donors (Lipinski definition) is 1. The number of carbonyl (C=O) groups is 2. The van der Waals surface area contributed by atoms with Crippen molar-refractivity contribution in [1.82, 2.24) is 10.2 Å². The van der Waals surface area contributed by atoms with Crippen molar-refractivity contribution in [2.24, 2.45) is 5.92 Å². The first-order valence-electron chi connectivity index (χ1n) is 8.95. The average Bonchev–Trinajstić information content (AvgIpc) is 3.22. The lowest BCUT2D eigenvalue weighted by molar-refractivity contribution is -0.130. The van der Waals surface area contributed by atoms with Crippen LogP contribution in [0.15, 0.2) is 24.3 Å². The number of carbonyl (C=O) groups excluding carboxylic acids is 2. The van der Waals surface area contributed by atoms with E-state index in [1.54, 1.807) is 0 Å². The van der Waals surface area contributed by atoms with E-state index in [0.29, 0.717) is 25.6 Å². The monoisotopic (exact) mass is 348 g/mol. The smallest absolute Gasteiger partial charge is 0.225 e. The van der Waals surface area contributed by atoms with Gasteiger partial charge in [0.05, 0.1) is 5.92 Å². The van der Waals surface area contributed by atoms with Crippen LogP contribution in [0.3, 0.4) is 0 Å². The summed E-state index contributed by atoms with van der Waals surface area (Å²) in [6, 6.07) is 8.17. The molecular weight excluding hydrogens is 324 g/mol. The fourth-order valence-corrected chi connectivity index (χ4v) is 3.90. The van der Waals surface area contributed by atoms with Crippen LogP contribution < -0.4 is 5.32 Å². The Morgan fingerprint density at radius 2 is 1.92 bits per heavy atom.